The second kappa shape index (κ2) is 6.62. The second-order valence-corrected chi connectivity index (χ2v) is 5.19. The predicted molar refractivity (Wildman–Crippen MR) is 75.5 cm³/mol. The van der Waals surface area contributed by atoms with E-state index in [-0.39, 0.29) is 13.1 Å². The maximum Gasteiger partial charge on any atom is 0.244 e. The van der Waals surface area contributed by atoms with Gasteiger partial charge in [-0.1, -0.05) is 6.07 Å². The van der Waals surface area contributed by atoms with Gasteiger partial charge in [-0.3, -0.25) is 9.59 Å². The van der Waals surface area contributed by atoms with Gasteiger partial charge in [-0.2, -0.15) is 0 Å². The van der Waals surface area contributed by atoms with Crippen molar-refractivity contribution in [2.24, 2.45) is 5.73 Å². The monoisotopic (exact) mass is 299 g/mol. The minimum Gasteiger partial charge on any atom is -0.332 e. The summed E-state index contributed by atoms with van der Waals surface area (Å²) in [5, 5.41) is 2.13. The van der Waals surface area contributed by atoms with Crippen molar-refractivity contribution in [2.75, 3.05) is 18.4 Å². The zero-order chi connectivity index (χ0) is 16.2. The summed E-state index contributed by atoms with van der Waals surface area (Å²) in [6, 6.07) is 3.26. The standard InChI is InChI=1S/C14H19F2N3O2/c1-4-19(13(21)14(2,3)17)8-11(20)18-12-9(15)6-5-7-10(12)16/h5-7H,4,8,17H2,1-3H3,(H,18,20). The van der Waals surface area contributed by atoms with Crippen LogP contribution in [0.4, 0.5) is 14.5 Å². The zero-order valence-corrected chi connectivity index (χ0v) is 12.2. The summed E-state index contributed by atoms with van der Waals surface area (Å²) in [6.07, 6.45) is 0. The lowest BCUT2D eigenvalue weighted by molar-refractivity contribution is -0.138. The SMILES string of the molecule is CCN(CC(=O)Nc1c(F)cccc1F)C(=O)C(C)(C)N. The summed E-state index contributed by atoms with van der Waals surface area (Å²) in [6.45, 7) is 4.65. The Morgan fingerprint density at radius 2 is 1.81 bits per heavy atom. The third-order valence-electron chi connectivity index (χ3n) is 2.78. The van der Waals surface area contributed by atoms with E-state index in [0.717, 1.165) is 12.1 Å². The number of halogens is 2. The Balaban J connectivity index is 2.79. The molecule has 0 spiro atoms. The van der Waals surface area contributed by atoms with Gasteiger partial charge in [-0.25, -0.2) is 8.78 Å². The molecule has 0 saturated heterocycles. The topological polar surface area (TPSA) is 75.4 Å². The van der Waals surface area contributed by atoms with Gasteiger partial charge in [-0.15, -0.1) is 0 Å². The van der Waals surface area contributed by atoms with Gasteiger partial charge in [-0.05, 0) is 32.9 Å². The van der Waals surface area contributed by atoms with Crippen LogP contribution in [0.25, 0.3) is 0 Å². The molecule has 0 aromatic heterocycles. The number of nitrogens with one attached hydrogen (secondary N) is 1. The van der Waals surface area contributed by atoms with Crippen molar-refractivity contribution in [2.45, 2.75) is 26.3 Å². The fourth-order valence-electron chi connectivity index (χ4n) is 1.70. The highest BCUT2D eigenvalue weighted by Crippen LogP contribution is 2.18. The normalized spacial score (nSPS) is 11.1. The van der Waals surface area contributed by atoms with Crippen molar-refractivity contribution in [1.82, 2.24) is 4.90 Å². The van der Waals surface area contributed by atoms with E-state index in [1.54, 1.807) is 6.92 Å². The highest BCUT2D eigenvalue weighted by atomic mass is 19.1. The van der Waals surface area contributed by atoms with E-state index >= 15 is 0 Å². The molecular weight excluding hydrogens is 280 g/mol. The molecule has 116 valence electrons. The van der Waals surface area contributed by atoms with Gasteiger partial charge in [0, 0.05) is 6.54 Å². The van der Waals surface area contributed by atoms with E-state index in [4.69, 9.17) is 5.73 Å². The fourth-order valence-corrected chi connectivity index (χ4v) is 1.70. The third kappa shape index (κ3) is 4.49. The van der Waals surface area contributed by atoms with E-state index in [1.165, 1.54) is 24.8 Å². The lowest BCUT2D eigenvalue weighted by atomic mass is 10.1. The highest BCUT2D eigenvalue weighted by Gasteiger charge is 2.28. The first-order valence-corrected chi connectivity index (χ1v) is 6.49. The third-order valence-corrected chi connectivity index (χ3v) is 2.78. The Morgan fingerprint density at radius 1 is 1.29 bits per heavy atom. The quantitative estimate of drug-likeness (QED) is 0.865. The number of nitrogens with zero attached hydrogens (tertiary/aromatic N) is 1. The van der Waals surface area contributed by atoms with Crippen molar-refractivity contribution in [1.29, 1.82) is 0 Å². The first-order valence-electron chi connectivity index (χ1n) is 6.49. The predicted octanol–water partition coefficient (Wildman–Crippen LogP) is 1.49. The molecule has 0 fully saturated rings. The van der Waals surface area contributed by atoms with Gasteiger partial charge in [0.2, 0.25) is 11.8 Å². The van der Waals surface area contributed by atoms with Gasteiger partial charge < -0.3 is 16.0 Å². The number of para-hydroxylation sites is 1. The molecule has 0 radical (unpaired) electrons. The van der Waals surface area contributed by atoms with Gasteiger partial charge in [0.05, 0.1) is 12.1 Å². The van der Waals surface area contributed by atoms with E-state index in [0.29, 0.717) is 0 Å². The van der Waals surface area contributed by atoms with Crippen LogP contribution in [0.2, 0.25) is 0 Å². The van der Waals surface area contributed by atoms with Gasteiger partial charge in [0.25, 0.3) is 0 Å². The molecule has 0 heterocycles. The summed E-state index contributed by atoms with van der Waals surface area (Å²) in [7, 11) is 0. The van der Waals surface area contributed by atoms with Crippen LogP contribution in [-0.4, -0.2) is 35.3 Å². The molecule has 0 aliphatic carbocycles. The summed E-state index contributed by atoms with van der Waals surface area (Å²) < 4.78 is 26.8. The molecule has 1 rings (SSSR count). The number of anilines is 1. The molecule has 2 amide bonds. The minimum atomic E-state index is -1.13. The molecule has 5 nitrogen and oxygen atoms in total. The molecule has 1 aromatic rings. The molecular formula is C14H19F2N3O2. The molecule has 0 bridgehead atoms. The average Bonchev–Trinajstić information content (AvgIpc) is 2.38. The molecule has 3 N–H and O–H groups in total. The summed E-state index contributed by atoms with van der Waals surface area (Å²) in [5.74, 6) is -2.87. The number of amides is 2. The number of nitrogens with two attached hydrogens (primary N) is 1. The average molecular weight is 299 g/mol. The van der Waals surface area contributed by atoms with Crippen LogP contribution in [0, 0.1) is 11.6 Å². The van der Waals surface area contributed by atoms with Crippen LogP contribution in [-0.2, 0) is 9.59 Å². The zero-order valence-electron chi connectivity index (χ0n) is 12.2. The van der Waals surface area contributed by atoms with Crippen molar-refractivity contribution in [3.05, 3.63) is 29.8 Å². The van der Waals surface area contributed by atoms with Crippen molar-refractivity contribution in [3.63, 3.8) is 0 Å². The maximum absolute atomic E-state index is 13.4. The Kier molecular flexibility index (Phi) is 5.37. The Morgan fingerprint density at radius 3 is 2.24 bits per heavy atom. The van der Waals surface area contributed by atoms with Gasteiger partial charge in [0.1, 0.15) is 17.3 Å². The highest BCUT2D eigenvalue weighted by molar-refractivity contribution is 5.96. The number of benzene rings is 1. The van der Waals surface area contributed by atoms with E-state index < -0.39 is 34.7 Å². The smallest absolute Gasteiger partial charge is 0.244 e. The molecule has 21 heavy (non-hydrogen) atoms. The van der Waals surface area contributed by atoms with E-state index in [9.17, 15) is 18.4 Å². The number of likely N-dealkylation sites (N-methyl/N-ethyl adjacent to an activating group) is 1. The van der Waals surface area contributed by atoms with Crippen LogP contribution >= 0.6 is 0 Å². The number of rotatable bonds is 5. The van der Waals surface area contributed by atoms with Crippen LogP contribution in [0.3, 0.4) is 0 Å². The Labute approximate surface area is 122 Å². The van der Waals surface area contributed by atoms with Crippen LogP contribution in [0.5, 0.6) is 0 Å². The summed E-state index contributed by atoms with van der Waals surface area (Å²) in [5.41, 5.74) is 4.03. The first kappa shape index (κ1) is 17.0. The molecule has 0 saturated carbocycles. The molecule has 0 aliphatic rings. The number of hydrogen-bond donors (Lipinski definition) is 2. The Bertz CT molecular complexity index is 521. The van der Waals surface area contributed by atoms with Gasteiger partial charge >= 0.3 is 0 Å². The molecule has 1 aromatic carbocycles. The van der Waals surface area contributed by atoms with Crippen molar-refractivity contribution in [3.8, 4) is 0 Å². The molecule has 7 heteroatoms. The Hall–Kier alpha value is -2.02. The summed E-state index contributed by atoms with van der Waals surface area (Å²) >= 11 is 0. The molecule has 0 unspecified atom stereocenters. The second-order valence-electron chi connectivity index (χ2n) is 5.19. The summed E-state index contributed by atoms with van der Waals surface area (Å²) in [4.78, 5) is 25.0. The van der Waals surface area contributed by atoms with E-state index in [1.807, 2.05) is 0 Å². The van der Waals surface area contributed by atoms with Crippen LogP contribution in [0.15, 0.2) is 18.2 Å². The van der Waals surface area contributed by atoms with Crippen molar-refractivity contribution >= 4 is 17.5 Å². The molecule has 0 atom stereocenters. The lowest BCUT2D eigenvalue weighted by Gasteiger charge is -2.27. The largest absolute Gasteiger partial charge is 0.332 e. The minimum absolute atomic E-state index is 0.257. The number of carbonyl (C=O) groups excluding carboxylic acids is 2. The van der Waals surface area contributed by atoms with E-state index in [2.05, 4.69) is 5.32 Å². The first-order chi connectivity index (χ1) is 9.66. The molecule has 0 aliphatic heterocycles. The lowest BCUT2D eigenvalue weighted by Crippen LogP contribution is -2.52. The van der Waals surface area contributed by atoms with Crippen molar-refractivity contribution < 1.29 is 18.4 Å². The number of hydrogen-bond acceptors (Lipinski definition) is 3. The van der Waals surface area contributed by atoms with Crippen LogP contribution < -0.4 is 11.1 Å². The maximum atomic E-state index is 13.4. The van der Waals surface area contributed by atoms with Crippen LogP contribution in [0.1, 0.15) is 20.8 Å². The number of carbonyl (C=O) groups is 2. The van der Waals surface area contributed by atoms with Gasteiger partial charge in [0.15, 0.2) is 0 Å². The fraction of sp³-hybridized carbons (Fsp3) is 0.429.